The maximum absolute atomic E-state index is 11.5. The lowest BCUT2D eigenvalue weighted by atomic mass is 10.1. The number of rotatable bonds is 1. The van der Waals surface area contributed by atoms with Crippen molar-refractivity contribution < 1.29 is 14.4 Å². The van der Waals surface area contributed by atoms with Crippen LogP contribution in [0.15, 0.2) is 23.3 Å². The molecule has 1 heterocycles. The van der Waals surface area contributed by atoms with Gasteiger partial charge in [0.1, 0.15) is 5.57 Å². The average Bonchev–Trinajstić information content (AvgIpc) is 2.14. The van der Waals surface area contributed by atoms with E-state index >= 15 is 0 Å². The highest BCUT2D eigenvalue weighted by Gasteiger charge is 2.32. The van der Waals surface area contributed by atoms with E-state index in [0.29, 0.717) is 0 Å². The van der Waals surface area contributed by atoms with Crippen molar-refractivity contribution in [2.45, 2.75) is 13.8 Å². The number of hydrogen-bond donors (Lipinski definition) is 1. The molecule has 0 aliphatic carbocycles. The fourth-order valence-electron chi connectivity index (χ4n) is 1.02. The summed E-state index contributed by atoms with van der Waals surface area (Å²) in [6, 6.07) is -0.695. The van der Waals surface area contributed by atoms with Crippen LogP contribution in [0.3, 0.4) is 0 Å². The fraction of sp³-hybridized carbons (Fsp3) is 0.300. The van der Waals surface area contributed by atoms with E-state index in [-0.39, 0.29) is 5.57 Å². The number of urea groups is 1. The molecule has 0 aromatic carbocycles. The smallest absolute Gasteiger partial charge is 0.273 e. The Labute approximate surface area is 87.4 Å². The number of nitrogens with zero attached hydrogens (tertiary/aromatic N) is 1. The largest absolute Gasteiger partial charge is 0.331 e. The molecule has 0 aromatic rings. The van der Waals surface area contributed by atoms with E-state index in [0.717, 1.165) is 10.5 Å². The monoisotopic (exact) mass is 208 g/mol. The molecule has 1 N–H and O–H groups in total. The zero-order chi connectivity index (χ0) is 11.6. The molecule has 1 aliphatic heterocycles. The van der Waals surface area contributed by atoms with Crippen LogP contribution in [0.5, 0.6) is 0 Å². The normalized spacial score (nSPS) is 19.3. The van der Waals surface area contributed by atoms with Gasteiger partial charge in [-0.1, -0.05) is 11.6 Å². The highest BCUT2D eigenvalue weighted by molar-refractivity contribution is 6.28. The summed E-state index contributed by atoms with van der Waals surface area (Å²) in [5.74, 6) is -1.23. The summed E-state index contributed by atoms with van der Waals surface area (Å²) in [6.45, 7) is 3.69. The topological polar surface area (TPSA) is 66.5 Å². The minimum absolute atomic E-state index is 0.0294. The highest BCUT2D eigenvalue weighted by Crippen LogP contribution is 2.08. The first-order chi connectivity index (χ1) is 6.93. The van der Waals surface area contributed by atoms with Crippen LogP contribution in [-0.4, -0.2) is 29.8 Å². The highest BCUT2D eigenvalue weighted by atomic mass is 16.2. The maximum atomic E-state index is 11.5. The number of carbonyl (C=O) groups is 3. The fourth-order valence-corrected chi connectivity index (χ4v) is 1.02. The molecule has 0 saturated carbocycles. The summed E-state index contributed by atoms with van der Waals surface area (Å²) >= 11 is 0. The van der Waals surface area contributed by atoms with Crippen molar-refractivity contribution in [3.63, 3.8) is 0 Å². The van der Waals surface area contributed by atoms with Crippen molar-refractivity contribution in [1.29, 1.82) is 0 Å². The summed E-state index contributed by atoms with van der Waals surface area (Å²) in [6.07, 6.45) is 3.06. The van der Waals surface area contributed by atoms with E-state index in [4.69, 9.17) is 0 Å². The third kappa shape index (κ3) is 2.31. The first kappa shape index (κ1) is 11.2. The predicted octanol–water partition coefficient (Wildman–Crippen LogP) is 0.587. The number of carbonyl (C=O) groups excluding carboxylic acids is 3. The minimum Gasteiger partial charge on any atom is -0.273 e. The lowest BCUT2D eigenvalue weighted by Gasteiger charge is -2.21. The van der Waals surface area contributed by atoms with Crippen LogP contribution in [0, 0.1) is 0 Å². The first-order valence-electron chi connectivity index (χ1n) is 4.42. The zero-order valence-electron chi connectivity index (χ0n) is 8.83. The molecule has 1 rings (SSSR count). The Morgan fingerprint density at radius 3 is 2.40 bits per heavy atom. The van der Waals surface area contributed by atoms with E-state index < -0.39 is 17.8 Å². The Bertz CT molecular complexity index is 389. The molecule has 1 aliphatic rings. The number of likely N-dealkylation sites (N-methyl/N-ethyl adjacent to an activating group) is 1. The third-order valence-corrected chi connectivity index (χ3v) is 1.89. The van der Waals surface area contributed by atoms with E-state index in [2.05, 4.69) is 5.32 Å². The Hall–Kier alpha value is -1.91. The van der Waals surface area contributed by atoms with E-state index in [9.17, 15) is 14.4 Å². The molecule has 5 heteroatoms. The first-order valence-corrected chi connectivity index (χ1v) is 4.42. The van der Waals surface area contributed by atoms with Gasteiger partial charge in [-0.25, -0.2) is 4.79 Å². The van der Waals surface area contributed by atoms with E-state index in [1.165, 1.54) is 13.1 Å². The van der Waals surface area contributed by atoms with Gasteiger partial charge in [0, 0.05) is 7.05 Å². The molecule has 0 aromatic heterocycles. The molecule has 0 unspecified atom stereocenters. The van der Waals surface area contributed by atoms with Gasteiger partial charge in [0.05, 0.1) is 0 Å². The predicted molar refractivity (Wildman–Crippen MR) is 53.8 cm³/mol. The second-order valence-corrected chi connectivity index (χ2v) is 3.45. The van der Waals surface area contributed by atoms with Gasteiger partial charge in [0.2, 0.25) is 0 Å². The van der Waals surface area contributed by atoms with E-state index in [1.807, 2.05) is 13.8 Å². The van der Waals surface area contributed by atoms with Crippen LogP contribution in [-0.2, 0) is 9.59 Å². The van der Waals surface area contributed by atoms with Crippen molar-refractivity contribution in [3.05, 3.63) is 23.3 Å². The van der Waals surface area contributed by atoms with Crippen LogP contribution in [0.1, 0.15) is 13.8 Å². The molecule has 15 heavy (non-hydrogen) atoms. The molecule has 80 valence electrons. The molecular formula is C10H12N2O3. The number of allylic oxidation sites excluding steroid dienone is 3. The zero-order valence-corrected chi connectivity index (χ0v) is 8.83. The van der Waals surface area contributed by atoms with Gasteiger partial charge in [-0.3, -0.25) is 19.8 Å². The number of amides is 4. The third-order valence-electron chi connectivity index (χ3n) is 1.89. The van der Waals surface area contributed by atoms with Crippen molar-refractivity contribution in [2.75, 3.05) is 7.05 Å². The number of imide groups is 2. The van der Waals surface area contributed by atoms with Gasteiger partial charge in [-0.05, 0) is 19.9 Å². The Morgan fingerprint density at radius 1 is 1.27 bits per heavy atom. The molecule has 1 fully saturated rings. The quantitative estimate of drug-likeness (QED) is 0.506. The minimum atomic E-state index is -0.695. The lowest BCUT2D eigenvalue weighted by molar-refractivity contribution is -0.129. The molecule has 0 spiro atoms. The molecule has 0 radical (unpaired) electrons. The lowest BCUT2D eigenvalue weighted by Crippen LogP contribution is -2.52. The maximum Gasteiger partial charge on any atom is 0.331 e. The van der Waals surface area contributed by atoms with Crippen LogP contribution in [0.25, 0.3) is 0 Å². The van der Waals surface area contributed by atoms with Crippen molar-refractivity contribution >= 4 is 17.8 Å². The molecule has 0 bridgehead atoms. The summed E-state index contributed by atoms with van der Waals surface area (Å²) in [5.41, 5.74) is 0.931. The standard InChI is InChI=1S/C10H12N2O3/c1-6(2)4-5-7-8(13)11-10(15)12(3)9(7)14/h4-5H,1-3H3,(H,11,13,15). The summed E-state index contributed by atoms with van der Waals surface area (Å²) < 4.78 is 0. The van der Waals surface area contributed by atoms with Crippen molar-refractivity contribution in [3.8, 4) is 0 Å². The summed E-state index contributed by atoms with van der Waals surface area (Å²) in [7, 11) is 1.32. The Kier molecular flexibility index (Phi) is 3.04. The van der Waals surface area contributed by atoms with Crippen LogP contribution in [0.2, 0.25) is 0 Å². The van der Waals surface area contributed by atoms with Gasteiger partial charge < -0.3 is 0 Å². The van der Waals surface area contributed by atoms with Gasteiger partial charge in [0.25, 0.3) is 11.8 Å². The van der Waals surface area contributed by atoms with Gasteiger partial charge in [-0.15, -0.1) is 0 Å². The number of hydrogen-bond acceptors (Lipinski definition) is 3. The molecular weight excluding hydrogens is 196 g/mol. The summed E-state index contributed by atoms with van der Waals surface area (Å²) in [4.78, 5) is 34.7. The Morgan fingerprint density at radius 2 is 1.87 bits per heavy atom. The van der Waals surface area contributed by atoms with Gasteiger partial charge in [-0.2, -0.15) is 0 Å². The molecule has 5 nitrogen and oxygen atoms in total. The van der Waals surface area contributed by atoms with Crippen LogP contribution < -0.4 is 5.32 Å². The van der Waals surface area contributed by atoms with Gasteiger partial charge in [0.15, 0.2) is 0 Å². The van der Waals surface area contributed by atoms with Crippen LogP contribution in [0.4, 0.5) is 4.79 Å². The molecule has 1 saturated heterocycles. The molecule has 4 amide bonds. The van der Waals surface area contributed by atoms with Crippen molar-refractivity contribution in [1.82, 2.24) is 10.2 Å². The number of nitrogens with one attached hydrogen (secondary N) is 1. The van der Waals surface area contributed by atoms with Crippen molar-refractivity contribution in [2.24, 2.45) is 0 Å². The second kappa shape index (κ2) is 4.08. The number of barbiturate groups is 1. The van der Waals surface area contributed by atoms with Crippen LogP contribution >= 0.6 is 0 Å². The summed E-state index contributed by atoms with van der Waals surface area (Å²) in [5, 5.41) is 2.06. The van der Waals surface area contributed by atoms with Gasteiger partial charge >= 0.3 is 6.03 Å². The Balaban J connectivity index is 3.04. The second-order valence-electron chi connectivity index (χ2n) is 3.45. The van der Waals surface area contributed by atoms with E-state index in [1.54, 1.807) is 6.08 Å². The average molecular weight is 208 g/mol. The SMILES string of the molecule is CC(C)=CC=C1C(=O)NC(=O)N(C)C1=O. The molecule has 0 atom stereocenters.